The molecule has 0 aliphatic carbocycles. The molecule has 1 unspecified atom stereocenters. The molecule has 0 N–H and O–H groups in total. The van der Waals surface area contributed by atoms with Crippen LogP contribution in [0.25, 0.3) is 17.1 Å². The second-order valence-corrected chi connectivity index (χ2v) is 7.68. The fourth-order valence-corrected chi connectivity index (χ4v) is 3.82. The Kier molecular flexibility index (Phi) is 6.23. The quantitative estimate of drug-likeness (QED) is 0.330. The highest BCUT2D eigenvalue weighted by Gasteiger charge is 2.21. The summed E-state index contributed by atoms with van der Waals surface area (Å²) in [4.78, 5) is 33.4. The molecule has 0 bridgehead atoms. The lowest BCUT2D eigenvalue weighted by Crippen LogP contribution is -2.18. The summed E-state index contributed by atoms with van der Waals surface area (Å²) in [5, 5.41) is 0. The molecule has 1 aromatic carbocycles. The molecule has 0 spiro atoms. The third-order valence-electron chi connectivity index (χ3n) is 5.49. The molecule has 160 valence electrons. The number of para-hydroxylation sites is 2. The zero-order chi connectivity index (χ0) is 21.8. The topological polar surface area (TPSA) is 83.3 Å². The van der Waals surface area contributed by atoms with Crippen molar-refractivity contribution in [1.82, 2.24) is 14.5 Å². The molecular formula is C24H25N3O4. The predicted octanol–water partition coefficient (Wildman–Crippen LogP) is 3.67. The molecule has 4 rings (SSSR count). The van der Waals surface area contributed by atoms with Crippen LogP contribution in [0.5, 0.6) is 0 Å². The summed E-state index contributed by atoms with van der Waals surface area (Å²) in [5.74, 6) is -0.824. The van der Waals surface area contributed by atoms with Crippen molar-refractivity contribution in [2.24, 2.45) is 0 Å². The van der Waals surface area contributed by atoms with Crippen LogP contribution in [0.2, 0.25) is 0 Å². The van der Waals surface area contributed by atoms with Crippen molar-refractivity contribution in [2.45, 2.75) is 39.3 Å². The summed E-state index contributed by atoms with van der Waals surface area (Å²) in [6.45, 7) is 5.11. The molecule has 7 heteroatoms. The number of ketones is 1. The van der Waals surface area contributed by atoms with Gasteiger partial charge in [0, 0.05) is 36.2 Å². The Morgan fingerprint density at radius 3 is 2.84 bits per heavy atom. The fraction of sp³-hybridized carbons (Fsp3) is 0.333. The molecule has 31 heavy (non-hydrogen) atoms. The largest absolute Gasteiger partial charge is 0.454 e. The average Bonchev–Trinajstić information content (AvgIpc) is 3.39. The van der Waals surface area contributed by atoms with Crippen molar-refractivity contribution >= 4 is 28.9 Å². The number of hydrogen-bond acceptors (Lipinski definition) is 6. The number of rotatable bonds is 7. The number of benzene rings is 1. The van der Waals surface area contributed by atoms with Gasteiger partial charge in [-0.05, 0) is 51.0 Å². The number of carbonyl (C=O) groups excluding carboxylic acids is 2. The number of hydrogen-bond donors (Lipinski definition) is 0. The predicted molar refractivity (Wildman–Crippen MR) is 117 cm³/mol. The van der Waals surface area contributed by atoms with E-state index in [1.807, 2.05) is 44.2 Å². The molecule has 1 saturated heterocycles. The maximum atomic E-state index is 12.6. The molecular weight excluding hydrogens is 394 g/mol. The number of aryl methyl sites for hydroxylation is 1. The van der Waals surface area contributed by atoms with E-state index in [9.17, 15) is 9.59 Å². The summed E-state index contributed by atoms with van der Waals surface area (Å²) in [5.41, 5.74) is 4.51. The summed E-state index contributed by atoms with van der Waals surface area (Å²) in [6, 6.07) is 9.34. The van der Waals surface area contributed by atoms with Gasteiger partial charge >= 0.3 is 5.97 Å². The van der Waals surface area contributed by atoms with Crippen LogP contribution < -0.4 is 0 Å². The molecule has 1 atom stereocenters. The highest BCUT2D eigenvalue weighted by molar-refractivity contribution is 6.00. The van der Waals surface area contributed by atoms with Crippen LogP contribution in [0.15, 0.2) is 42.6 Å². The highest BCUT2D eigenvalue weighted by atomic mass is 16.5. The Hall–Kier alpha value is -3.32. The van der Waals surface area contributed by atoms with E-state index in [2.05, 4.69) is 14.5 Å². The number of fused-ring (bicyclic) bond motifs is 1. The van der Waals surface area contributed by atoms with Gasteiger partial charge < -0.3 is 14.0 Å². The van der Waals surface area contributed by atoms with Crippen LogP contribution in [-0.2, 0) is 20.8 Å². The van der Waals surface area contributed by atoms with E-state index in [0.717, 1.165) is 48.4 Å². The number of aromatic nitrogens is 3. The van der Waals surface area contributed by atoms with E-state index in [4.69, 9.17) is 9.47 Å². The summed E-state index contributed by atoms with van der Waals surface area (Å²) in [7, 11) is 0. The van der Waals surface area contributed by atoms with Gasteiger partial charge in [0.2, 0.25) is 5.78 Å². The molecule has 1 aliphatic heterocycles. The summed E-state index contributed by atoms with van der Waals surface area (Å²) >= 11 is 0. The van der Waals surface area contributed by atoms with Gasteiger partial charge in [-0.15, -0.1) is 0 Å². The minimum absolute atomic E-state index is 0.189. The maximum absolute atomic E-state index is 12.6. The van der Waals surface area contributed by atoms with Crippen LogP contribution in [0.1, 0.15) is 40.3 Å². The van der Waals surface area contributed by atoms with E-state index in [1.165, 1.54) is 12.2 Å². The van der Waals surface area contributed by atoms with Crippen molar-refractivity contribution in [2.75, 3.05) is 13.2 Å². The Balaban J connectivity index is 1.35. The zero-order valence-corrected chi connectivity index (χ0v) is 17.7. The molecule has 2 aromatic heterocycles. The van der Waals surface area contributed by atoms with E-state index in [1.54, 1.807) is 6.20 Å². The van der Waals surface area contributed by atoms with Crippen molar-refractivity contribution in [3.63, 3.8) is 0 Å². The first-order chi connectivity index (χ1) is 15.0. The number of esters is 1. The minimum atomic E-state index is -0.600. The zero-order valence-electron chi connectivity index (χ0n) is 17.7. The Morgan fingerprint density at radius 2 is 2.06 bits per heavy atom. The van der Waals surface area contributed by atoms with E-state index >= 15 is 0 Å². The Morgan fingerprint density at radius 1 is 1.26 bits per heavy atom. The lowest BCUT2D eigenvalue weighted by molar-refractivity contribution is -0.136. The molecule has 0 radical (unpaired) electrons. The average molecular weight is 419 g/mol. The SMILES string of the molecule is Cc1cc(C(=O)COC(=O)/C=C/c2cnc3ccccc3n2)c(C)n1CC1CCCO1. The number of Topliss-reactive ketones (excluding diaryl/α,β-unsaturated/α-hetero) is 1. The van der Waals surface area contributed by atoms with E-state index in [-0.39, 0.29) is 18.5 Å². The number of carbonyl (C=O) groups is 2. The second kappa shape index (κ2) is 9.22. The van der Waals surface area contributed by atoms with Crippen molar-refractivity contribution in [3.05, 3.63) is 65.2 Å². The van der Waals surface area contributed by atoms with Crippen LogP contribution in [0.4, 0.5) is 0 Å². The third-order valence-corrected chi connectivity index (χ3v) is 5.49. The number of nitrogens with zero attached hydrogens (tertiary/aromatic N) is 3. The summed E-state index contributed by atoms with van der Waals surface area (Å²) < 4.78 is 13.0. The van der Waals surface area contributed by atoms with Gasteiger partial charge in [-0.1, -0.05) is 12.1 Å². The van der Waals surface area contributed by atoms with Crippen LogP contribution >= 0.6 is 0 Å². The highest BCUT2D eigenvalue weighted by Crippen LogP contribution is 2.21. The molecule has 3 aromatic rings. The van der Waals surface area contributed by atoms with Crippen LogP contribution in [0, 0.1) is 13.8 Å². The fourth-order valence-electron chi connectivity index (χ4n) is 3.82. The molecule has 7 nitrogen and oxygen atoms in total. The van der Waals surface area contributed by atoms with Gasteiger partial charge in [0.25, 0.3) is 0 Å². The van der Waals surface area contributed by atoms with Gasteiger partial charge in [-0.2, -0.15) is 0 Å². The summed E-state index contributed by atoms with van der Waals surface area (Å²) in [6.07, 6.45) is 6.66. The van der Waals surface area contributed by atoms with Crippen molar-refractivity contribution in [1.29, 1.82) is 0 Å². The minimum Gasteiger partial charge on any atom is -0.454 e. The third kappa shape index (κ3) is 4.88. The molecule has 0 saturated carbocycles. The van der Waals surface area contributed by atoms with Crippen LogP contribution in [-0.4, -0.2) is 45.6 Å². The molecule has 1 fully saturated rings. The van der Waals surface area contributed by atoms with Gasteiger partial charge in [0.1, 0.15) is 0 Å². The second-order valence-electron chi connectivity index (χ2n) is 7.68. The lowest BCUT2D eigenvalue weighted by Gasteiger charge is -2.14. The molecule has 3 heterocycles. The standard InChI is InChI=1S/C24H25N3O4/c1-16-12-20(17(2)27(16)14-19-6-5-11-30-19)23(28)15-31-24(29)10-9-18-13-25-21-7-3-4-8-22(21)26-18/h3-4,7-10,12-13,19H,5-6,11,14-15H2,1-2H3/b10-9+. The molecule has 1 aliphatic rings. The smallest absolute Gasteiger partial charge is 0.331 e. The Bertz CT molecular complexity index is 1140. The van der Waals surface area contributed by atoms with E-state index in [0.29, 0.717) is 11.3 Å². The first kappa shape index (κ1) is 20.9. The Labute approximate surface area is 180 Å². The first-order valence-corrected chi connectivity index (χ1v) is 10.4. The van der Waals surface area contributed by atoms with Crippen molar-refractivity contribution in [3.8, 4) is 0 Å². The van der Waals surface area contributed by atoms with Gasteiger partial charge in [0.15, 0.2) is 6.61 Å². The van der Waals surface area contributed by atoms with E-state index < -0.39 is 5.97 Å². The monoisotopic (exact) mass is 419 g/mol. The lowest BCUT2D eigenvalue weighted by atomic mass is 10.1. The van der Waals surface area contributed by atoms with Crippen LogP contribution in [0.3, 0.4) is 0 Å². The first-order valence-electron chi connectivity index (χ1n) is 10.4. The van der Waals surface area contributed by atoms with Gasteiger partial charge in [-0.25, -0.2) is 9.78 Å². The van der Waals surface area contributed by atoms with Crippen molar-refractivity contribution < 1.29 is 19.1 Å². The number of ether oxygens (including phenoxy) is 2. The van der Waals surface area contributed by atoms with Gasteiger partial charge in [-0.3, -0.25) is 9.78 Å². The molecule has 0 amide bonds. The van der Waals surface area contributed by atoms with Gasteiger partial charge in [0.05, 0.1) is 29.0 Å². The maximum Gasteiger partial charge on any atom is 0.331 e. The normalized spacial score (nSPS) is 16.3.